The van der Waals surface area contributed by atoms with Gasteiger partial charge in [-0.3, -0.25) is 9.78 Å². The Hall–Kier alpha value is -2.89. The van der Waals surface area contributed by atoms with Crippen LogP contribution in [0, 0.1) is 0 Å². The van der Waals surface area contributed by atoms with Gasteiger partial charge < -0.3 is 15.0 Å². The summed E-state index contributed by atoms with van der Waals surface area (Å²) >= 11 is 6.01. The van der Waals surface area contributed by atoms with E-state index in [1.807, 2.05) is 54.6 Å². The van der Waals surface area contributed by atoms with Crippen LogP contribution in [0.1, 0.15) is 15.9 Å². The quantitative estimate of drug-likeness (QED) is 0.689. The van der Waals surface area contributed by atoms with Gasteiger partial charge in [-0.25, -0.2) is 0 Å². The predicted molar refractivity (Wildman–Crippen MR) is 115 cm³/mol. The SMILES string of the molecule is O=C(NCc1ccccc1-c1ccc(Cl)cc1)c1cncc(N2CCOCC2)c1. The first-order valence-electron chi connectivity index (χ1n) is 9.60. The summed E-state index contributed by atoms with van der Waals surface area (Å²) in [5.74, 6) is -0.140. The first-order chi connectivity index (χ1) is 14.2. The molecule has 3 aromatic rings. The molecule has 0 bridgehead atoms. The molecule has 0 aliphatic carbocycles. The summed E-state index contributed by atoms with van der Waals surface area (Å²) in [6, 6.07) is 17.6. The van der Waals surface area contributed by atoms with E-state index in [9.17, 15) is 4.79 Å². The van der Waals surface area contributed by atoms with Crippen molar-refractivity contribution < 1.29 is 9.53 Å². The van der Waals surface area contributed by atoms with Crippen molar-refractivity contribution in [3.63, 3.8) is 0 Å². The van der Waals surface area contributed by atoms with Crippen LogP contribution >= 0.6 is 11.6 Å². The maximum Gasteiger partial charge on any atom is 0.253 e. The van der Waals surface area contributed by atoms with Crippen LogP contribution in [0.3, 0.4) is 0 Å². The molecule has 0 radical (unpaired) electrons. The summed E-state index contributed by atoms with van der Waals surface area (Å²) in [6.45, 7) is 3.43. The minimum atomic E-state index is -0.140. The average molecular weight is 408 g/mol. The highest BCUT2D eigenvalue weighted by Gasteiger charge is 2.14. The van der Waals surface area contributed by atoms with E-state index in [1.54, 1.807) is 12.4 Å². The number of carbonyl (C=O) groups excluding carboxylic acids is 1. The van der Waals surface area contributed by atoms with Gasteiger partial charge in [0.1, 0.15) is 0 Å². The van der Waals surface area contributed by atoms with Gasteiger partial charge in [-0.1, -0.05) is 48.0 Å². The van der Waals surface area contributed by atoms with E-state index in [2.05, 4.69) is 15.2 Å². The van der Waals surface area contributed by atoms with Crippen LogP contribution in [-0.4, -0.2) is 37.2 Å². The van der Waals surface area contributed by atoms with Crippen molar-refractivity contribution in [3.8, 4) is 11.1 Å². The fourth-order valence-electron chi connectivity index (χ4n) is 3.41. The molecular weight excluding hydrogens is 386 g/mol. The molecule has 148 valence electrons. The molecule has 0 unspecified atom stereocenters. The smallest absolute Gasteiger partial charge is 0.253 e. The van der Waals surface area contributed by atoms with E-state index in [0.717, 1.165) is 35.5 Å². The third kappa shape index (κ3) is 4.75. The maximum atomic E-state index is 12.7. The van der Waals surface area contributed by atoms with E-state index >= 15 is 0 Å². The van der Waals surface area contributed by atoms with E-state index in [1.165, 1.54) is 0 Å². The molecule has 6 heteroatoms. The molecule has 1 saturated heterocycles. The minimum Gasteiger partial charge on any atom is -0.378 e. The molecule has 1 amide bonds. The van der Waals surface area contributed by atoms with Crippen molar-refractivity contribution in [2.75, 3.05) is 31.2 Å². The molecular formula is C23H22ClN3O2. The van der Waals surface area contributed by atoms with Crippen molar-refractivity contribution in [2.24, 2.45) is 0 Å². The van der Waals surface area contributed by atoms with Gasteiger partial charge in [0.05, 0.1) is 30.7 Å². The number of nitrogens with one attached hydrogen (secondary N) is 1. The lowest BCUT2D eigenvalue weighted by Gasteiger charge is -2.28. The number of ether oxygens (including phenoxy) is 1. The number of aromatic nitrogens is 1. The Morgan fingerprint density at radius 3 is 2.62 bits per heavy atom. The fourth-order valence-corrected chi connectivity index (χ4v) is 3.54. The van der Waals surface area contributed by atoms with Crippen LogP contribution in [0.2, 0.25) is 5.02 Å². The van der Waals surface area contributed by atoms with Gasteiger partial charge in [0.2, 0.25) is 0 Å². The Labute approximate surface area is 175 Å². The zero-order valence-corrected chi connectivity index (χ0v) is 16.7. The molecule has 1 aromatic heterocycles. The molecule has 4 rings (SSSR count). The lowest BCUT2D eigenvalue weighted by atomic mass is 9.99. The van der Waals surface area contributed by atoms with Crippen molar-refractivity contribution >= 4 is 23.2 Å². The predicted octanol–water partition coefficient (Wildman–Crippen LogP) is 4.17. The molecule has 0 atom stereocenters. The third-order valence-electron chi connectivity index (χ3n) is 4.97. The standard InChI is InChI=1S/C23H22ClN3O2/c24-20-7-5-17(6-8-20)22-4-2-1-3-18(22)15-26-23(28)19-13-21(16-25-14-19)27-9-11-29-12-10-27/h1-8,13-14,16H,9-12,15H2,(H,26,28). The van der Waals surface area contributed by atoms with Crippen LogP contribution in [0.5, 0.6) is 0 Å². The third-order valence-corrected chi connectivity index (χ3v) is 5.23. The number of rotatable bonds is 5. The summed E-state index contributed by atoms with van der Waals surface area (Å²) in [4.78, 5) is 19.2. The normalized spacial score (nSPS) is 13.9. The summed E-state index contributed by atoms with van der Waals surface area (Å²) < 4.78 is 5.39. The Morgan fingerprint density at radius 2 is 1.83 bits per heavy atom. The highest BCUT2D eigenvalue weighted by atomic mass is 35.5. The second-order valence-electron chi connectivity index (χ2n) is 6.88. The van der Waals surface area contributed by atoms with Crippen LogP contribution in [-0.2, 0) is 11.3 Å². The average Bonchev–Trinajstić information content (AvgIpc) is 2.79. The Kier molecular flexibility index (Phi) is 6.08. The largest absolute Gasteiger partial charge is 0.378 e. The van der Waals surface area contributed by atoms with Gasteiger partial charge in [0, 0.05) is 30.9 Å². The minimum absolute atomic E-state index is 0.140. The number of benzene rings is 2. The topological polar surface area (TPSA) is 54.5 Å². The van der Waals surface area contributed by atoms with E-state index in [-0.39, 0.29) is 5.91 Å². The number of hydrogen-bond donors (Lipinski definition) is 1. The Morgan fingerprint density at radius 1 is 1.07 bits per heavy atom. The molecule has 1 fully saturated rings. The Bertz CT molecular complexity index is 985. The number of amides is 1. The first-order valence-corrected chi connectivity index (χ1v) is 9.98. The van der Waals surface area contributed by atoms with Crippen LogP contribution in [0.25, 0.3) is 11.1 Å². The van der Waals surface area contributed by atoms with Crippen LogP contribution in [0.15, 0.2) is 67.0 Å². The monoisotopic (exact) mass is 407 g/mol. The number of hydrogen-bond acceptors (Lipinski definition) is 4. The van der Waals surface area contributed by atoms with Gasteiger partial charge in [0.15, 0.2) is 0 Å². The number of carbonyl (C=O) groups is 1. The number of anilines is 1. The van der Waals surface area contributed by atoms with E-state index in [4.69, 9.17) is 16.3 Å². The van der Waals surface area contributed by atoms with Crippen LogP contribution < -0.4 is 10.2 Å². The molecule has 29 heavy (non-hydrogen) atoms. The summed E-state index contributed by atoms with van der Waals surface area (Å²) in [5, 5.41) is 3.72. The lowest BCUT2D eigenvalue weighted by Crippen LogP contribution is -2.36. The summed E-state index contributed by atoms with van der Waals surface area (Å²) in [5.41, 5.74) is 4.68. The van der Waals surface area contributed by atoms with Gasteiger partial charge in [-0.05, 0) is 34.9 Å². The van der Waals surface area contributed by atoms with Crippen molar-refractivity contribution in [1.29, 1.82) is 0 Å². The second kappa shape index (κ2) is 9.07. The molecule has 0 saturated carbocycles. The van der Waals surface area contributed by atoms with Gasteiger partial charge in [0.25, 0.3) is 5.91 Å². The highest BCUT2D eigenvalue weighted by Crippen LogP contribution is 2.25. The first kappa shape index (κ1) is 19.4. The molecule has 2 heterocycles. The number of halogens is 1. The maximum absolute atomic E-state index is 12.7. The molecule has 2 aromatic carbocycles. The van der Waals surface area contributed by atoms with Gasteiger partial charge in [-0.15, -0.1) is 0 Å². The molecule has 1 aliphatic heterocycles. The van der Waals surface area contributed by atoms with Crippen molar-refractivity contribution in [3.05, 3.63) is 83.1 Å². The summed E-state index contributed by atoms with van der Waals surface area (Å²) in [6.07, 6.45) is 3.39. The van der Waals surface area contributed by atoms with E-state index < -0.39 is 0 Å². The molecule has 0 spiro atoms. The molecule has 1 N–H and O–H groups in total. The molecule has 5 nitrogen and oxygen atoms in total. The number of morpholine rings is 1. The van der Waals surface area contributed by atoms with Gasteiger partial charge in [-0.2, -0.15) is 0 Å². The van der Waals surface area contributed by atoms with E-state index in [0.29, 0.717) is 30.3 Å². The zero-order chi connectivity index (χ0) is 20.1. The highest BCUT2D eigenvalue weighted by molar-refractivity contribution is 6.30. The van der Waals surface area contributed by atoms with Gasteiger partial charge >= 0.3 is 0 Å². The Balaban J connectivity index is 1.47. The van der Waals surface area contributed by atoms with Crippen molar-refractivity contribution in [1.82, 2.24) is 10.3 Å². The zero-order valence-electron chi connectivity index (χ0n) is 16.0. The molecule has 1 aliphatic rings. The van der Waals surface area contributed by atoms with Crippen molar-refractivity contribution in [2.45, 2.75) is 6.54 Å². The summed E-state index contributed by atoms with van der Waals surface area (Å²) in [7, 11) is 0. The second-order valence-corrected chi connectivity index (χ2v) is 7.31. The fraction of sp³-hybridized carbons (Fsp3) is 0.217. The number of nitrogens with zero attached hydrogens (tertiary/aromatic N) is 2. The number of pyridine rings is 1. The van der Waals surface area contributed by atoms with Crippen LogP contribution in [0.4, 0.5) is 5.69 Å². The lowest BCUT2D eigenvalue weighted by molar-refractivity contribution is 0.0950.